The first-order valence-corrected chi connectivity index (χ1v) is 8.46. The van der Waals surface area contributed by atoms with Crippen molar-refractivity contribution in [3.05, 3.63) is 59.7 Å². The number of benzene rings is 2. The van der Waals surface area contributed by atoms with Crippen molar-refractivity contribution in [1.29, 1.82) is 5.26 Å². The molecule has 0 fully saturated rings. The summed E-state index contributed by atoms with van der Waals surface area (Å²) in [4.78, 5) is 12.0. The number of rotatable bonds is 8. The number of nitrogens with one attached hydrogen (secondary N) is 1. The number of methoxy groups -OCH3 is 1. The molecule has 2 aromatic rings. The third-order valence-electron chi connectivity index (χ3n) is 3.63. The highest BCUT2D eigenvalue weighted by Crippen LogP contribution is 2.28. The lowest BCUT2D eigenvalue weighted by Gasteiger charge is -2.11. The molecule has 2 rings (SSSR count). The highest BCUT2D eigenvalue weighted by molar-refractivity contribution is 6.02. The first-order chi connectivity index (χ1) is 12.7. The first-order valence-electron chi connectivity index (χ1n) is 8.46. The van der Waals surface area contributed by atoms with E-state index in [4.69, 9.17) is 14.7 Å². The Morgan fingerprint density at radius 3 is 2.81 bits per heavy atom. The Balaban J connectivity index is 2.02. The van der Waals surface area contributed by atoms with Crippen molar-refractivity contribution in [2.45, 2.75) is 19.8 Å². The summed E-state index contributed by atoms with van der Waals surface area (Å²) in [6.07, 6.45) is 5.18. The molecule has 2 aromatic carbocycles. The summed E-state index contributed by atoms with van der Waals surface area (Å²) in [6, 6.07) is 14.3. The van der Waals surface area contributed by atoms with Crippen LogP contribution in [0.25, 0.3) is 6.08 Å². The molecule has 0 saturated heterocycles. The van der Waals surface area contributed by atoms with Crippen molar-refractivity contribution in [3.63, 3.8) is 0 Å². The Labute approximate surface area is 153 Å². The average molecular weight is 350 g/mol. The zero-order valence-corrected chi connectivity index (χ0v) is 15.0. The van der Waals surface area contributed by atoms with Gasteiger partial charge in [-0.3, -0.25) is 4.79 Å². The number of carbonyl (C=O) groups is 1. The van der Waals surface area contributed by atoms with Gasteiger partial charge in [-0.25, -0.2) is 0 Å². The maximum atomic E-state index is 12.0. The highest BCUT2D eigenvalue weighted by Gasteiger charge is 2.05. The van der Waals surface area contributed by atoms with E-state index < -0.39 is 0 Å². The van der Waals surface area contributed by atoms with Gasteiger partial charge < -0.3 is 14.8 Å². The van der Waals surface area contributed by atoms with Crippen LogP contribution in [0.1, 0.15) is 30.9 Å². The van der Waals surface area contributed by atoms with E-state index in [9.17, 15) is 4.79 Å². The van der Waals surface area contributed by atoms with Gasteiger partial charge in [-0.15, -0.1) is 0 Å². The van der Waals surface area contributed by atoms with Gasteiger partial charge >= 0.3 is 0 Å². The summed E-state index contributed by atoms with van der Waals surface area (Å²) < 4.78 is 11.0. The smallest absolute Gasteiger partial charge is 0.248 e. The molecule has 1 N–H and O–H groups in total. The Morgan fingerprint density at radius 1 is 1.23 bits per heavy atom. The van der Waals surface area contributed by atoms with Crippen LogP contribution in [-0.2, 0) is 4.79 Å². The number of anilines is 1. The fourth-order valence-corrected chi connectivity index (χ4v) is 2.26. The molecule has 0 aliphatic carbocycles. The molecule has 1 amide bonds. The summed E-state index contributed by atoms with van der Waals surface area (Å²) in [5, 5.41) is 11.6. The van der Waals surface area contributed by atoms with Crippen LogP contribution >= 0.6 is 0 Å². The number of carbonyl (C=O) groups excluding carboxylic acids is 1. The molecule has 5 nitrogen and oxygen atoms in total. The van der Waals surface area contributed by atoms with Crippen molar-refractivity contribution in [1.82, 2.24) is 0 Å². The molecule has 0 saturated carbocycles. The first kappa shape index (κ1) is 19.1. The summed E-state index contributed by atoms with van der Waals surface area (Å²) in [5.41, 5.74) is 1.90. The fraction of sp³-hybridized carbons (Fsp3) is 0.238. The predicted octanol–water partition coefficient (Wildman–Crippen LogP) is 4.40. The maximum Gasteiger partial charge on any atom is 0.248 e. The SMILES string of the molecule is CCCCOc1ccc(/C=C/C(=O)Nc2cccc(C#N)c2)cc1OC. The summed E-state index contributed by atoms with van der Waals surface area (Å²) in [7, 11) is 1.59. The largest absolute Gasteiger partial charge is 0.493 e. The molecule has 0 unspecified atom stereocenters. The van der Waals surface area contributed by atoms with Crippen molar-refractivity contribution in [2.75, 3.05) is 19.0 Å². The molecule has 0 bridgehead atoms. The minimum absolute atomic E-state index is 0.276. The maximum absolute atomic E-state index is 12.0. The number of nitrogens with zero attached hydrogens (tertiary/aromatic N) is 1. The number of hydrogen-bond donors (Lipinski definition) is 1. The summed E-state index contributed by atoms with van der Waals surface area (Å²) in [5.74, 6) is 1.04. The number of hydrogen-bond acceptors (Lipinski definition) is 4. The third-order valence-corrected chi connectivity index (χ3v) is 3.63. The lowest BCUT2D eigenvalue weighted by atomic mass is 10.2. The van der Waals surface area contributed by atoms with Gasteiger partial charge in [0.25, 0.3) is 0 Å². The second kappa shape index (κ2) is 9.90. The molecule has 0 aliphatic rings. The quantitative estimate of drug-likeness (QED) is 0.566. The van der Waals surface area contributed by atoms with E-state index in [0.717, 1.165) is 18.4 Å². The minimum Gasteiger partial charge on any atom is -0.493 e. The second-order valence-corrected chi connectivity index (χ2v) is 5.63. The number of amides is 1. The van der Waals surface area contributed by atoms with Gasteiger partial charge in [0.2, 0.25) is 5.91 Å². The lowest BCUT2D eigenvalue weighted by molar-refractivity contribution is -0.111. The van der Waals surface area contributed by atoms with Crippen molar-refractivity contribution in [3.8, 4) is 17.6 Å². The molecule has 0 aliphatic heterocycles. The Bertz CT molecular complexity index is 822. The molecule has 26 heavy (non-hydrogen) atoms. The van der Waals surface area contributed by atoms with Crippen LogP contribution < -0.4 is 14.8 Å². The van der Waals surface area contributed by atoms with E-state index in [-0.39, 0.29) is 5.91 Å². The minimum atomic E-state index is -0.276. The molecule has 0 heterocycles. The van der Waals surface area contributed by atoms with E-state index in [1.54, 1.807) is 37.5 Å². The number of nitriles is 1. The predicted molar refractivity (Wildman–Crippen MR) is 102 cm³/mol. The van der Waals surface area contributed by atoms with Gasteiger partial charge in [0, 0.05) is 11.8 Å². The van der Waals surface area contributed by atoms with E-state index in [0.29, 0.717) is 29.4 Å². The van der Waals surface area contributed by atoms with Crippen LogP contribution in [0.15, 0.2) is 48.5 Å². The van der Waals surface area contributed by atoms with Gasteiger partial charge in [-0.05, 0) is 48.4 Å². The number of ether oxygens (including phenoxy) is 2. The molecule has 0 aromatic heterocycles. The van der Waals surface area contributed by atoms with Crippen LogP contribution in [0.3, 0.4) is 0 Å². The third kappa shape index (κ3) is 5.67. The molecular weight excluding hydrogens is 328 g/mol. The molecule has 0 spiro atoms. The Hall–Kier alpha value is -3.26. The highest BCUT2D eigenvalue weighted by atomic mass is 16.5. The van der Waals surface area contributed by atoms with Crippen molar-refractivity contribution >= 4 is 17.7 Å². The van der Waals surface area contributed by atoms with E-state index in [1.807, 2.05) is 24.3 Å². The summed E-state index contributed by atoms with van der Waals surface area (Å²) >= 11 is 0. The molecule has 5 heteroatoms. The standard InChI is InChI=1S/C21H22N2O3/c1-3-4-12-26-19-10-8-16(14-20(19)25-2)9-11-21(24)23-18-7-5-6-17(13-18)15-22/h5-11,13-14H,3-4,12H2,1-2H3,(H,23,24)/b11-9+. The van der Waals surface area contributed by atoms with Gasteiger partial charge in [0.05, 0.1) is 25.3 Å². The van der Waals surface area contributed by atoms with E-state index in [2.05, 4.69) is 12.2 Å². The fourth-order valence-electron chi connectivity index (χ4n) is 2.26. The molecule has 0 radical (unpaired) electrons. The van der Waals surface area contributed by atoms with Gasteiger partial charge in [0.15, 0.2) is 11.5 Å². The topological polar surface area (TPSA) is 71.3 Å². The van der Waals surface area contributed by atoms with Crippen LogP contribution in [0.5, 0.6) is 11.5 Å². The van der Waals surface area contributed by atoms with E-state index in [1.165, 1.54) is 6.08 Å². The van der Waals surface area contributed by atoms with Crippen LogP contribution in [0.4, 0.5) is 5.69 Å². The molecular formula is C21H22N2O3. The molecule has 0 atom stereocenters. The van der Waals surface area contributed by atoms with Gasteiger partial charge in [0.1, 0.15) is 0 Å². The zero-order chi connectivity index (χ0) is 18.8. The van der Waals surface area contributed by atoms with Crippen LogP contribution in [0.2, 0.25) is 0 Å². The van der Waals surface area contributed by atoms with Gasteiger partial charge in [-0.2, -0.15) is 5.26 Å². The monoisotopic (exact) mass is 350 g/mol. The number of unbranched alkanes of at least 4 members (excludes halogenated alkanes) is 1. The van der Waals surface area contributed by atoms with Gasteiger partial charge in [-0.1, -0.05) is 25.5 Å². The zero-order valence-electron chi connectivity index (χ0n) is 15.0. The Kier molecular flexibility index (Phi) is 7.26. The lowest BCUT2D eigenvalue weighted by Crippen LogP contribution is -2.07. The van der Waals surface area contributed by atoms with Crippen LogP contribution in [-0.4, -0.2) is 19.6 Å². The Morgan fingerprint density at radius 2 is 2.08 bits per heavy atom. The summed E-state index contributed by atoms with van der Waals surface area (Å²) in [6.45, 7) is 2.75. The second-order valence-electron chi connectivity index (χ2n) is 5.63. The van der Waals surface area contributed by atoms with Crippen LogP contribution in [0, 0.1) is 11.3 Å². The molecule has 134 valence electrons. The van der Waals surface area contributed by atoms with Crippen molar-refractivity contribution in [2.24, 2.45) is 0 Å². The van der Waals surface area contributed by atoms with E-state index >= 15 is 0 Å². The average Bonchev–Trinajstić information content (AvgIpc) is 2.67. The normalized spacial score (nSPS) is 10.3. The van der Waals surface area contributed by atoms with Crippen molar-refractivity contribution < 1.29 is 14.3 Å².